The van der Waals surface area contributed by atoms with Crippen LogP contribution < -0.4 is 14.8 Å². The van der Waals surface area contributed by atoms with Crippen molar-refractivity contribution < 1.29 is 14.3 Å². The number of hydrogen-bond acceptors (Lipinski definition) is 4. The SMILES string of the molecule is COc1cc(C(=O)N2CCCNCC2)ccc1OCCC(C)C. The summed E-state index contributed by atoms with van der Waals surface area (Å²) in [5.74, 6) is 1.97. The molecule has 5 heteroatoms. The Labute approximate surface area is 139 Å². The molecule has 0 unspecified atom stereocenters. The topological polar surface area (TPSA) is 50.8 Å². The lowest BCUT2D eigenvalue weighted by Gasteiger charge is -2.20. The Morgan fingerprint density at radius 3 is 2.83 bits per heavy atom. The zero-order chi connectivity index (χ0) is 16.7. The Kier molecular flexibility index (Phi) is 6.71. The first-order chi connectivity index (χ1) is 11.1. The van der Waals surface area contributed by atoms with Gasteiger partial charge in [0.15, 0.2) is 11.5 Å². The molecule has 0 atom stereocenters. The first-order valence-corrected chi connectivity index (χ1v) is 8.42. The predicted molar refractivity (Wildman–Crippen MR) is 91.3 cm³/mol. The highest BCUT2D eigenvalue weighted by molar-refractivity contribution is 5.95. The molecule has 1 aliphatic rings. The summed E-state index contributed by atoms with van der Waals surface area (Å²) in [5.41, 5.74) is 0.653. The Balaban J connectivity index is 2.06. The van der Waals surface area contributed by atoms with Gasteiger partial charge in [-0.2, -0.15) is 0 Å². The largest absolute Gasteiger partial charge is 0.493 e. The van der Waals surface area contributed by atoms with E-state index >= 15 is 0 Å². The molecule has 23 heavy (non-hydrogen) atoms. The van der Waals surface area contributed by atoms with Crippen molar-refractivity contribution in [3.8, 4) is 11.5 Å². The maximum absolute atomic E-state index is 12.6. The highest BCUT2D eigenvalue weighted by Gasteiger charge is 2.18. The van der Waals surface area contributed by atoms with Gasteiger partial charge in [0.2, 0.25) is 0 Å². The molecule has 1 aromatic carbocycles. The maximum Gasteiger partial charge on any atom is 0.254 e. The van der Waals surface area contributed by atoms with Gasteiger partial charge in [0.05, 0.1) is 13.7 Å². The van der Waals surface area contributed by atoms with Gasteiger partial charge in [-0.1, -0.05) is 13.8 Å². The van der Waals surface area contributed by atoms with Crippen molar-refractivity contribution in [1.82, 2.24) is 10.2 Å². The molecule has 0 aromatic heterocycles. The van der Waals surface area contributed by atoms with E-state index in [1.54, 1.807) is 13.2 Å². The van der Waals surface area contributed by atoms with Crippen LogP contribution in [-0.2, 0) is 0 Å². The number of ether oxygens (including phenoxy) is 2. The molecule has 128 valence electrons. The zero-order valence-corrected chi connectivity index (χ0v) is 14.4. The third kappa shape index (κ3) is 5.13. The molecule has 0 bridgehead atoms. The van der Waals surface area contributed by atoms with Gasteiger partial charge in [0.1, 0.15) is 0 Å². The molecule has 1 amide bonds. The minimum Gasteiger partial charge on any atom is -0.493 e. The monoisotopic (exact) mass is 320 g/mol. The van der Waals surface area contributed by atoms with Crippen LogP contribution >= 0.6 is 0 Å². The van der Waals surface area contributed by atoms with Gasteiger partial charge in [0, 0.05) is 25.2 Å². The van der Waals surface area contributed by atoms with Crippen LogP contribution in [0.15, 0.2) is 18.2 Å². The Morgan fingerprint density at radius 2 is 2.09 bits per heavy atom. The average molecular weight is 320 g/mol. The van der Waals surface area contributed by atoms with Gasteiger partial charge in [0.25, 0.3) is 5.91 Å². The molecular formula is C18H28N2O3. The molecule has 1 fully saturated rings. The van der Waals surface area contributed by atoms with E-state index in [-0.39, 0.29) is 5.91 Å². The van der Waals surface area contributed by atoms with Crippen LogP contribution in [0, 0.1) is 5.92 Å². The number of amides is 1. The highest BCUT2D eigenvalue weighted by Crippen LogP contribution is 2.29. The zero-order valence-electron chi connectivity index (χ0n) is 14.4. The molecule has 1 heterocycles. The van der Waals surface area contributed by atoms with Crippen molar-refractivity contribution >= 4 is 5.91 Å². The van der Waals surface area contributed by atoms with Gasteiger partial charge in [-0.15, -0.1) is 0 Å². The summed E-state index contributed by atoms with van der Waals surface area (Å²) in [6.07, 6.45) is 1.98. The fourth-order valence-electron chi connectivity index (χ4n) is 2.56. The van der Waals surface area contributed by atoms with Crippen molar-refractivity contribution in [2.24, 2.45) is 5.92 Å². The number of carbonyl (C=O) groups excluding carboxylic acids is 1. The lowest BCUT2D eigenvalue weighted by atomic mass is 10.1. The van der Waals surface area contributed by atoms with Gasteiger partial charge in [-0.05, 0) is 43.5 Å². The minimum absolute atomic E-state index is 0.0562. The van der Waals surface area contributed by atoms with Crippen LogP contribution in [0.3, 0.4) is 0 Å². The lowest BCUT2D eigenvalue weighted by Crippen LogP contribution is -2.34. The number of nitrogens with zero attached hydrogens (tertiary/aromatic N) is 1. The van der Waals surface area contributed by atoms with Crippen LogP contribution in [0.1, 0.15) is 37.0 Å². The van der Waals surface area contributed by atoms with E-state index in [9.17, 15) is 4.79 Å². The third-order valence-corrected chi connectivity index (χ3v) is 3.99. The van der Waals surface area contributed by atoms with E-state index in [2.05, 4.69) is 19.2 Å². The van der Waals surface area contributed by atoms with Crippen LogP contribution in [0.25, 0.3) is 0 Å². The van der Waals surface area contributed by atoms with Crippen LogP contribution in [0.2, 0.25) is 0 Å². The smallest absolute Gasteiger partial charge is 0.254 e. The molecule has 1 aromatic rings. The number of hydrogen-bond donors (Lipinski definition) is 1. The standard InChI is InChI=1S/C18H28N2O3/c1-14(2)7-12-23-16-6-5-15(13-17(16)22-3)18(21)20-10-4-8-19-9-11-20/h5-6,13-14,19H,4,7-12H2,1-3H3. The van der Waals surface area contributed by atoms with Crippen molar-refractivity contribution in [2.45, 2.75) is 26.7 Å². The molecule has 1 saturated heterocycles. The number of carbonyl (C=O) groups is 1. The van der Waals surface area contributed by atoms with Crippen LogP contribution in [0.4, 0.5) is 0 Å². The predicted octanol–water partition coefficient (Wildman–Crippen LogP) is 2.56. The van der Waals surface area contributed by atoms with Crippen LogP contribution in [-0.4, -0.2) is 50.7 Å². The van der Waals surface area contributed by atoms with Crippen molar-refractivity contribution in [1.29, 1.82) is 0 Å². The summed E-state index contributed by atoms with van der Waals surface area (Å²) in [6.45, 7) is 8.33. The van der Waals surface area contributed by atoms with E-state index in [4.69, 9.17) is 9.47 Å². The van der Waals surface area contributed by atoms with Crippen molar-refractivity contribution in [2.75, 3.05) is 39.9 Å². The molecule has 2 rings (SSSR count). The summed E-state index contributed by atoms with van der Waals surface area (Å²) in [5, 5.41) is 3.31. The number of nitrogens with one attached hydrogen (secondary N) is 1. The highest BCUT2D eigenvalue weighted by atomic mass is 16.5. The van der Waals surface area contributed by atoms with Crippen LogP contribution in [0.5, 0.6) is 11.5 Å². The minimum atomic E-state index is 0.0562. The molecule has 0 radical (unpaired) electrons. The second-order valence-electron chi connectivity index (χ2n) is 6.29. The summed E-state index contributed by atoms with van der Waals surface area (Å²) < 4.78 is 11.2. The molecule has 5 nitrogen and oxygen atoms in total. The Morgan fingerprint density at radius 1 is 1.26 bits per heavy atom. The average Bonchev–Trinajstić information content (AvgIpc) is 2.83. The molecule has 1 aliphatic heterocycles. The maximum atomic E-state index is 12.6. The second kappa shape index (κ2) is 8.77. The fourth-order valence-corrected chi connectivity index (χ4v) is 2.56. The van der Waals surface area contributed by atoms with Gasteiger partial charge < -0.3 is 19.7 Å². The number of rotatable bonds is 6. The van der Waals surface area contributed by atoms with Gasteiger partial charge in [-0.3, -0.25) is 4.79 Å². The second-order valence-corrected chi connectivity index (χ2v) is 6.29. The Bertz CT molecular complexity index is 509. The number of benzene rings is 1. The van der Waals surface area contributed by atoms with E-state index in [1.807, 2.05) is 17.0 Å². The summed E-state index contributed by atoms with van der Waals surface area (Å²) in [6, 6.07) is 5.45. The van der Waals surface area contributed by atoms with E-state index < -0.39 is 0 Å². The van der Waals surface area contributed by atoms with E-state index in [0.717, 1.165) is 39.0 Å². The normalized spacial score (nSPS) is 15.4. The Hall–Kier alpha value is -1.75. The van der Waals surface area contributed by atoms with E-state index in [0.29, 0.717) is 29.6 Å². The summed E-state index contributed by atoms with van der Waals surface area (Å²) in [4.78, 5) is 14.5. The molecular weight excluding hydrogens is 292 g/mol. The van der Waals surface area contributed by atoms with Gasteiger partial charge >= 0.3 is 0 Å². The quantitative estimate of drug-likeness (QED) is 0.875. The fraction of sp³-hybridized carbons (Fsp3) is 0.611. The lowest BCUT2D eigenvalue weighted by molar-refractivity contribution is 0.0766. The molecule has 0 saturated carbocycles. The van der Waals surface area contributed by atoms with Crippen molar-refractivity contribution in [3.63, 3.8) is 0 Å². The van der Waals surface area contributed by atoms with Crippen molar-refractivity contribution in [3.05, 3.63) is 23.8 Å². The molecule has 0 spiro atoms. The van der Waals surface area contributed by atoms with Gasteiger partial charge in [-0.25, -0.2) is 0 Å². The molecule has 0 aliphatic carbocycles. The first kappa shape index (κ1) is 17.6. The molecule has 1 N–H and O–H groups in total. The third-order valence-electron chi connectivity index (χ3n) is 3.99. The number of methoxy groups -OCH3 is 1. The van der Waals surface area contributed by atoms with E-state index in [1.165, 1.54) is 0 Å². The summed E-state index contributed by atoms with van der Waals surface area (Å²) >= 11 is 0. The first-order valence-electron chi connectivity index (χ1n) is 8.42. The summed E-state index contributed by atoms with van der Waals surface area (Å²) in [7, 11) is 1.61.